The Bertz CT molecular complexity index is 541. The van der Waals surface area contributed by atoms with Crippen LogP contribution < -0.4 is 0 Å². The van der Waals surface area contributed by atoms with Gasteiger partial charge in [-0.25, -0.2) is 4.79 Å². The summed E-state index contributed by atoms with van der Waals surface area (Å²) in [5, 5.41) is 0. The summed E-state index contributed by atoms with van der Waals surface area (Å²) in [6.07, 6.45) is 5.25. The lowest BCUT2D eigenvalue weighted by Crippen LogP contribution is -2.15. The SMILES string of the molecule is CC(C)C[C@@H](OC(=O)c1cccnc1)c1ccccn1. The summed E-state index contributed by atoms with van der Waals surface area (Å²) in [5.41, 5.74) is 1.23. The largest absolute Gasteiger partial charge is 0.452 e. The van der Waals surface area contributed by atoms with Crippen LogP contribution in [0.3, 0.4) is 0 Å². The summed E-state index contributed by atoms with van der Waals surface area (Å²) in [7, 11) is 0. The van der Waals surface area contributed by atoms with Gasteiger partial charge in [-0.2, -0.15) is 0 Å². The molecule has 2 heterocycles. The van der Waals surface area contributed by atoms with Crippen LogP contribution in [-0.4, -0.2) is 15.9 Å². The fourth-order valence-electron chi connectivity index (χ4n) is 1.90. The first kappa shape index (κ1) is 14.2. The molecule has 0 radical (unpaired) electrons. The van der Waals surface area contributed by atoms with E-state index in [-0.39, 0.29) is 12.1 Å². The summed E-state index contributed by atoms with van der Waals surface area (Å²) in [6.45, 7) is 4.18. The highest BCUT2D eigenvalue weighted by Gasteiger charge is 2.20. The van der Waals surface area contributed by atoms with E-state index in [2.05, 4.69) is 23.8 Å². The molecule has 0 aliphatic rings. The van der Waals surface area contributed by atoms with Crippen molar-refractivity contribution in [2.24, 2.45) is 5.92 Å². The Morgan fingerprint density at radius 2 is 2.05 bits per heavy atom. The van der Waals surface area contributed by atoms with Crippen molar-refractivity contribution >= 4 is 5.97 Å². The number of hydrogen-bond acceptors (Lipinski definition) is 4. The molecule has 0 amide bonds. The molecule has 0 N–H and O–H groups in total. The van der Waals surface area contributed by atoms with Gasteiger partial charge in [-0.1, -0.05) is 19.9 Å². The monoisotopic (exact) mass is 270 g/mol. The van der Waals surface area contributed by atoms with E-state index in [1.807, 2.05) is 18.2 Å². The Labute approximate surface area is 118 Å². The van der Waals surface area contributed by atoms with Crippen LogP contribution in [0.15, 0.2) is 48.9 Å². The zero-order chi connectivity index (χ0) is 14.4. The second-order valence-corrected chi connectivity index (χ2v) is 5.02. The molecule has 0 aliphatic heterocycles. The molecule has 0 aromatic carbocycles. The average molecular weight is 270 g/mol. The van der Waals surface area contributed by atoms with E-state index in [0.29, 0.717) is 11.5 Å². The van der Waals surface area contributed by atoms with Crippen LogP contribution >= 0.6 is 0 Å². The molecule has 20 heavy (non-hydrogen) atoms. The minimum absolute atomic E-state index is 0.330. The van der Waals surface area contributed by atoms with E-state index >= 15 is 0 Å². The second kappa shape index (κ2) is 6.80. The number of carbonyl (C=O) groups is 1. The summed E-state index contributed by atoms with van der Waals surface area (Å²) in [6, 6.07) is 9.03. The normalized spacial score (nSPS) is 12.2. The number of carbonyl (C=O) groups excluding carboxylic acids is 1. The van der Waals surface area contributed by atoms with Crippen LogP contribution in [0.2, 0.25) is 0 Å². The molecule has 0 unspecified atom stereocenters. The van der Waals surface area contributed by atoms with E-state index in [4.69, 9.17) is 4.74 Å². The van der Waals surface area contributed by atoms with E-state index in [9.17, 15) is 4.79 Å². The Kier molecular flexibility index (Phi) is 4.82. The van der Waals surface area contributed by atoms with Crippen molar-refractivity contribution in [3.63, 3.8) is 0 Å². The van der Waals surface area contributed by atoms with Crippen molar-refractivity contribution < 1.29 is 9.53 Å². The number of rotatable bonds is 5. The second-order valence-electron chi connectivity index (χ2n) is 5.02. The minimum atomic E-state index is -0.366. The highest BCUT2D eigenvalue weighted by molar-refractivity contribution is 5.89. The molecule has 1 atom stereocenters. The molecule has 0 aliphatic carbocycles. The van der Waals surface area contributed by atoms with Crippen LogP contribution in [0.4, 0.5) is 0 Å². The topological polar surface area (TPSA) is 52.1 Å². The van der Waals surface area contributed by atoms with E-state index < -0.39 is 0 Å². The molecule has 0 saturated heterocycles. The number of nitrogens with zero attached hydrogens (tertiary/aromatic N) is 2. The minimum Gasteiger partial charge on any atom is -0.452 e. The van der Waals surface area contributed by atoms with Gasteiger partial charge in [0.2, 0.25) is 0 Å². The van der Waals surface area contributed by atoms with Gasteiger partial charge in [0, 0.05) is 18.6 Å². The highest BCUT2D eigenvalue weighted by Crippen LogP contribution is 2.24. The molecule has 0 bridgehead atoms. The first-order valence-electron chi connectivity index (χ1n) is 6.68. The number of esters is 1. The lowest BCUT2D eigenvalue weighted by molar-refractivity contribution is 0.0236. The van der Waals surface area contributed by atoms with Gasteiger partial charge >= 0.3 is 5.97 Å². The molecule has 2 aromatic rings. The molecule has 0 fully saturated rings. The molecule has 4 nitrogen and oxygen atoms in total. The third-order valence-corrected chi connectivity index (χ3v) is 2.85. The van der Waals surface area contributed by atoms with Crippen LogP contribution in [0.1, 0.15) is 42.4 Å². The highest BCUT2D eigenvalue weighted by atomic mass is 16.5. The van der Waals surface area contributed by atoms with Crippen molar-refractivity contribution in [3.8, 4) is 0 Å². The Morgan fingerprint density at radius 1 is 1.20 bits per heavy atom. The predicted molar refractivity (Wildman–Crippen MR) is 76.1 cm³/mol. The maximum atomic E-state index is 12.1. The standard InChI is InChI=1S/C16H18N2O2/c1-12(2)10-15(14-7-3-4-9-18-14)20-16(19)13-6-5-8-17-11-13/h3-9,11-12,15H,10H2,1-2H3/t15-/m1/s1. The molecular formula is C16H18N2O2. The molecule has 2 rings (SSSR count). The smallest absolute Gasteiger partial charge is 0.340 e. The van der Waals surface area contributed by atoms with Gasteiger partial charge in [0.1, 0.15) is 6.10 Å². The first-order valence-corrected chi connectivity index (χ1v) is 6.68. The summed E-state index contributed by atoms with van der Waals surface area (Å²) >= 11 is 0. The Morgan fingerprint density at radius 3 is 2.65 bits per heavy atom. The lowest BCUT2D eigenvalue weighted by atomic mass is 10.0. The molecule has 0 saturated carbocycles. The van der Waals surface area contributed by atoms with Crippen molar-refractivity contribution in [1.82, 2.24) is 9.97 Å². The number of aromatic nitrogens is 2. The molecular weight excluding hydrogens is 252 g/mol. The van der Waals surface area contributed by atoms with Gasteiger partial charge in [-0.05, 0) is 36.6 Å². The number of ether oxygens (including phenoxy) is 1. The fourth-order valence-corrected chi connectivity index (χ4v) is 1.90. The predicted octanol–water partition coefficient (Wildman–Crippen LogP) is 3.42. The van der Waals surface area contributed by atoms with Gasteiger partial charge in [0.25, 0.3) is 0 Å². The summed E-state index contributed by atoms with van der Waals surface area (Å²) in [5.74, 6) is 0.0399. The molecule has 2 aromatic heterocycles. The van der Waals surface area contributed by atoms with Gasteiger partial charge in [0.15, 0.2) is 0 Å². The van der Waals surface area contributed by atoms with Crippen LogP contribution in [0, 0.1) is 5.92 Å². The zero-order valence-corrected chi connectivity index (χ0v) is 11.7. The fraction of sp³-hybridized carbons (Fsp3) is 0.312. The maximum absolute atomic E-state index is 12.1. The van der Waals surface area contributed by atoms with Crippen LogP contribution in [-0.2, 0) is 4.74 Å². The summed E-state index contributed by atoms with van der Waals surface area (Å²) < 4.78 is 5.59. The molecule has 4 heteroatoms. The van der Waals surface area contributed by atoms with E-state index in [1.165, 1.54) is 6.20 Å². The first-order chi connectivity index (χ1) is 9.66. The maximum Gasteiger partial charge on any atom is 0.340 e. The number of hydrogen-bond donors (Lipinski definition) is 0. The van der Waals surface area contributed by atoms with Gasteiger partial charge < -0.3 is 4.74 Å². The van der Waals surface area contributed by atoms with Crippen molar-refractivity contribution in [2.45, 2.75) is 26.4 Å². The van der Waals surface area contributed by atoms with E-state index in [1.54, 1.807) is 24.5 Å². The quantitative estimate of drug-likeness (QED) is 0.781. The van der Waals surface area contributed by atoms with Crippen molar-refractivity contribution in [1.29, 1.82) is 0 Å². The Balaban J connectivity index is 2.14. The third-order valence-electron chi connectivity index (χ3n) is 2.85. The van der Waals surface area contributed by atoms with E-state index in [0.717, 1.165) is 12.1 Å². The zero-order valence-electron chi connectivity index (χ0n) is 11.7. The number of pyridine rings is 2. The van der Waals surface area contributed by atoms with Gasteiger partial charge in [0.05, 0.1) is 11.3 Å². The van der Waals surface area contributed by atoms with Gasteiger partial charge in [-0.15, -0.1) is 0 Å². The molecule has 104 valence electrons. The van der Waals surface area contributed by atoms with Crippen molar-refractivity contribution in [3.05, 3.63) is 60.2 Å². The van der Waals surface area contributed by atoms with Crippen LogP contribution in [0.5, 0.6) is 0 Å². The average Bonchev–Trinajstić information content (AvgIpc) is 2.48. The third kappa shape index (κ3) is 3.88. The lowest BCUT2D eigenvalue weighted by Gasteiger charge is -2.19. The van der Waals surface area contributed by atoms with Gasteiger partial charge in [-0.3, -0.25) is 9.97 Å². The van der Waals surface area contributed by atoms with Crippen molar-refractivity contribution in [2.75, 3.05) is 0 Å². The molecule has 0 spiro atoms. The summed E-state index contributed by atoms with van der Waals surface area (Å²) in [4.78, 5) is 20.3. The Hall–Kier alpha value is -2.23. The van der Waals surface area contributed by atoms with Crippen LogP contribution in [0.25, 0.3) is 0 Å².